The van der Waals surface area contributed by atoms with Crippen LogP contribution in [0.3, 0.4) is 0 Å². The number of para-hydroxylation sites is 1. The quantitative estimate of drug-likeness (QED) is 0.757. The molecule has 1 aliphatic heterocycles. The van der Waals surface area contributed by atoms with Gasteiger partial charge in [0, 0.05) is 31.7 Å². The minimum Gasteiger partial charge on any atom is -0.496 e. The highest BCUT2D eigenvalue weighted by molar-refractivity contribution is 7.89. The largest absolute Gasteiger partial charge is 0.496 e. The molecule has 2 aromatic rings. The van der Waals surface area contributed by atoms with Gasteiger partial charge in [-0.2, -0.15) is 4.31 Å². The summed E-state index contributed by atoms with van der Waals surface area (Å²) in [5.74, 6) is -1.38. The van der Waals surface area contributed by atoms with E-state index in [2.05, 4.69) is 0 Å². The standard InChI is InChI=1S/C19H20F2N2O4S/c1-27-17-5-3-2-4-14(17)12-19(24)22-8-10-23(11-9-22)28(25,26)18-13-15(20)6-7-16(18)21/h2-7,13H,8-12H2,1H3. The van der Waals surface area contributed by atoms with E-state index in [0.29, 0.717) is 11.8 Å². The number of methoxy groups -OCH3 is 1. The summed E-state index contributed by atoms with van der Waals surface area (Å²) in [6.07, 6.45) is 0.134. The van der Waals surface area contributed by atoms with Gasteiger partial charge >= 0.3 is 0 Å². The molecular formula is C19H20F2N2O4S. The van der Waals surface area contributed by atoms with E-state index in [9.17, 15) is 22.0 Å². The van der Waals surface area contributed by atoms with E-state index in [0.717, 1.165) is 22.0 Å². The normalized spacial score (nSPS) is 15.5. The summed E-state index contributed by atoms with van der Waals surface area (Å²) < 4.78 is 58.8. The van der Waals surface area contributed by atoms with Gasteiger partial charge in [0.25, 0.3) is 0 Å². The Bertz CT molecular complexity index is 974. The number of ether oxygens (including phenoxy) is 1. The molecule has 3 rings (SSSR count). The van der Waals surface area contributed by atoms with E-state index in [-0.39, 0.29) is 38.5 Å². The third-order valence-corrected chi connectivity index (χ3v) is 6.55. The molecule has 0 spiro atoms. The Morgan fingerprint density at radius 1 is 1.07 bits per heavy atom. The number of nitrogens with zero attached hydrogens (tertiary/aromatic N) is 2. The molecule has 0 aliphatic carbocycles. The van der Waals surface area contributed by atoms with Crippen LogP contribution in [0.15, 0.2) is 47.4 Å². The van der Waals surface area contributed by atoms with Gasteiger partial charge in [-0.3, -0.25) is 4.79 Å². The summed E-state index contributed by atoms with van der Waals surface area (Å²) in [7, 11) is -2.65. The van der Waals surface area contributed by atoms with Crippen LogP contribution in [0, 0.1) is 11.6 Å². The van der Waals surface area contributed by atoms with Gasteiger partial charge in [-0.25, -0.2) is 17.2 Å². The molecule has 0 unspecified atom stereocenters. The minimum absolute atomic E-state index is 0.00987. The average Bonchev–Trinajstić information content (AvgIpc) is 2.70. The van der Waals surface area contributed by atoms with E-state index in [1.165, 1.54) is 7.11 Å². The van der Waals surface area contributed by atoms with Crippen LogP contribution in [-0.4, -0.2) is 56.8 Å². The highest BCUT2D eigenvalue weighted by Crippen LogP contribution is 2.23. The molecule has 0 saturated carbocycles. The second-order valence-electron chi connectivity index (χ2n) is 6.35. The Morgan fingerprint density at radius 2 is 1.75 bits per heavy atom. The van der Waals surface area contributed by atoms with Crippen molar-refractivity contribution in [1.82, 2.24) is 9.21 Å². The molecule has 0 N–H and O–H groups in total. The summed E-state index contributed by atoms with van der Waals surface area (Å²) in [5.41, 5.74) is 0.742. The summed E-state index contributed by atoms with van der Waals surface area (Å²) in [6.45, 7) is 0.361. The summed E-state index contributed by atoms with van der Waals surface area (Å²) in [5, 5.41) is 0. The lowest BCUT2D eigenvalue weighted by atomic mass is 10.1. The number of carbonyl (C=O) groups excluding carboxylic acids is 1. The fourth-order valence-corrected chi connectivity index (χ4v) is 4.61. The van der Waals surface area contributed by atoms with Crippen molar-refractivity contribution in [3.8, 4) is 5.75 Å². The van der Waals surface area contributed by atoms with Crippen LogP contribution in [0.25, 0.3) is 0 Å². The first-order chi connectivity index (χ1) is 13.3. The van der Waals surface area contributed by atoms with Crippen molar-refractivity contribution in [1.29, 1.82) is 0 Å². The summed E-state index contributed by atoms with van der Waals surface area (Å²) >= 11 is 0. The molecule has 0 radical (unpaired) electrons. The van der Waals surface area contributed by atoms with E-state index in [1.807, 2.05) is 12.1 Å². The zero-order valence-corrected chi connectivity index (χ0v) is 16.1. The van der Waals surface area contributed by atoms with E-state index in [1.54, 1.807) is 17.0 Å². The number of benzene rings is 2. The number of carbonyl (C=O) groups is 1. The molecule has 1 saturated heterocycles. The Balaban J connectivity index is 1.67. The van der Waals surface area contributed by atoms with Crippen LogP contribution >= 0.6 is 0 Å². The number of halogens is 2. The van der Waals surface area contributed by atoms with Gasteiger partial charge < -0.3 is 9.64 Å². The van der Waals surface area contributed by atoms with E-state index in [4.69, 9.17) is 4.74 Å². The molecule has 150 valence electrons. The molecular weight excluding hydrogens is 390 g/mol. The van der Waals surface area contributed by atoms with Crippen molar-refractivity contribution in [2.24, 2.45) is 0 Å². The van der Waals surface area contributed by atoms with E-state index >= 15 is 0 Å². The topological polar surface area (TPSA) is 66.9 Å². The maximum Gasteiger partial charge on any atom is 0.246 e. The van der Waals surface area contributed by atoms with Crippen LogP contribution in [0.5, 0.6) is 5.75 Å². The molecule has 0 bridgehead atoms. The average molecular weight is 410 g/mol. The molecule has 1 aliphatic rings. The second kappa shape index (κ2) is 8.24. The van der Waals surface area contributed by atoms with Crippen molar-refractivity contribution in [2.75, 3.05) is 33.3 Å². The third-order valence-electron chi connectivity index (χ3n) is 4.64. The monoisotopic (exact) mass is 410 g/mol. The number of rotatable bonds is 5. The number of hydrogen-bond donors (Lipinski definition) is 0. The first-order valence-corrected chi connectivity index (χ1v) is 10.1. The predicted octanol–water partition coefficient (Wildman–Crippen LogP) is 2.05. The number of sulfonamides is 1. The fraction of sp³-hybridized carbons (Fsp3) is 0.316. The van der Waals surface area contributed by atoms with Crippen LogP contribution in [0.2, 0.25) is 0 Å². The molecule has 1 heterocycles. The smallest absolute Gasteiger partial charge is 0.246 e. The van der Waals surface area contributed by atoms with Crippen LogP contribution in [-0.2, 0) is 21.2 Å². The SMILES string of the molecule is COc1ccccc1CC(=O)N1CCN(S(=O)(=O)c2cc(F)ccc2F)CC1. The Morgan fingerprint density at radius 3 is 2.43 bits per heavy atom. The van der Waals surface area contributed by atoms with Crippen molar-refractivity contribution in [2.45, 2.75) is 11.3 Å². The molecule has 2 aromatic carbocycles. The minimum atomic E-state index is -4.17. The Labute approximate surface area is 162 Å². The van der Waals surface area contributed by atoms with Crippen molar-refractivity contribution in [3.63, 3.8) is 0 Å². The van der Waals surface area contributed by atoms with Gasteiger partial charge in [-0.05, 0) is 24.3 Å². The van der Waals surface area contributed by atoms with Gasteiger partial charge in [0.1, 0.15) is 22.3 Å². The van der Waals surface area contributed by atoms with Crippen LogP contribution < -0.4 is 4.74 Å². The first kappa shape index (κ1) is 20.2. The van der Waals surface area contributed by atoms with E-state index < -0.39 is 26.6 Å². The van der Waals surface area contributed by atoms with Crippen LogP contribution in [0.4, 0.5) is 8.78 Å². The molecule has 0 atom stereocenters. The van der Waals surface area contributed by atoms with Gasteiger partial charge in [0.05, 0.1) is 13.5 Å². The van der Waals surface area contributed by atoms with Crippen molar-refractivity contribution >= 4 is 15.9 Å². The molecule has 1 amide bonds. The second-order valence-corrected chi connectivity index (χ2v) is 8.25. The lowest BCUT2D eigenvalue weighted by Gasteiger charge is -2.34. The summed E-state index contributed by atoms with van der Waals surface area (Å²) in [6, 6.07) is 9.50. The molecule has 0 aromatic heterocycles. The number of piperazine rings is 1. The molecule has 9 heteroatoms. The fourth-order valence-electron chi connectivity index (χ4n) is 3.12. The van der Waals surface area contributed by atoms with Gasteiger partial charge in [0.2, 0.25) is 15.9 Å². The lowest BCUT2D eigenvalue weighted by molar-refractivity contribution is -0.131. The van der Waals surface area contributed by atoms with Gasteiger partial charge in [0.15, 0.2) is 0 Å². The molecule has 6 nitrogen and oxygen atoms in total. The highest BCUT2D eigenvalue weighted by atomic mass is 32.2. The van der Waals surface area contributed by atoms with Crippen LogP contribution in [0.1, 0.15) is 5.56 Å². The zero-order chi connectivity index (χ0) is 20.3. The van der Waals surface area contributed by atoms with Gasteiger partial charge in [-0.15, -0.1) is 0 Å². The van der Waals surface area contributed by atoms with Crippen molar-refractivity contribution < 1.29 is 26.7 Å². The summed E-state index contributed by atoms with van der Waals surface area (Å²) in [4.78, 5) is 13.4. The third kappa shape index (κ3) is 4.15. The Hall–Kier alpha value is -2.52. The lowest BCUT2D eigenvalue weighted by Crippen LogP contribution is -2.51. The van der Waals surface area contributed by atoms with Crippen molar-refractivity contribution in [3.05, 3.63) is 59.7 Å². The molecule has 28 heavy (non-hydrogen) atoms. The van der Waals surface area contributed by atoms with Gasteiger partial charge in [-0.1, -0.05) is 18.2 Å². The maximum atomic E-state index is 13.9. The molecule has 1 fully saturated rings. The number of amides is 1. The highest BCUT2D eigenvalue weighted by Gasteiger charge is 2.32. The zero-order valence-electron chi connectivity index (χ0n) is 15.3. The predicted molar refractivity (Wildman–Crippen MR) is 98.4 cm³/mol. The first-order valence-electron chi connectivity index (χ1n) is 8.68. The number of hydrogen-bond acceptors (Lipinski definition) is 4. The Kier molecular flexibility index (Phi) is 5.95. The maximum absolute atomic E-state index is 13.9.